The number of nitrogens with zero attached hydrogens (tertiary/aromatic N) is 4. The van der Waals surface area contributed by atoms with Gasteiger partial charge in [0.2, 0.25) is 5.91 Å². The summed E-state index contributed by atoms with van der Waals surface area (Å²) in [7, 11) is 0. The minimum Gasteiger partial charge on any atom is -0.340 e. The molecule has 148 valence electrons. The molecule has 1 fully saturated rings. The predicted octanol–water partition coefficient (Wildman–Crippen LogP) is 3.45. The van der Waals surface area contributed by atoms with Gasteiger partial charge in [0.25, 0.3) is 0 Å². The maximum absolute atomic E-state index is 12.8. The van der Waals surface area contributed by atoms with Crippen molar-refractivity contribution in [3.05, 3.63) is 27.8 Å². The minimum atomic E-state index is -4.25. The third-order valence-corrected chi connectivity index (χ3v) is 5.75. The van der Waals surface area contributed by atoms with Gasteiger partial charge in [0.1, 0.15) is 11.6 Å². The quantitative estimate of drug-likeness (QED) is 0.789. The lowest BCUT2D eigenvalue weighted by atomic mass is 10.2. The number of alkyl halides is 3. The first-order valence-corrected chi connectivity index (χ1v) is 9.68. The van der Waals surface area contributed by atoms with Crippen molar-refractivity contribution in [3.8, 4) is 11.3 Å². The molecule has 2 aromatic rings. The Bertz CT molecular complexity index is 819. The van der Waals surface area contributed by atoms with E-state index in [1.54, 1.807) is 26.8 Å². The van der Waals surface area contributed by atoms with Crippen molar-refractivity contribution >= 4 is 17.2 Å². The zero-order chi connectivity index (χ0) is 19.8. The minimum absolute atomic E-state index is 0.0976. The Morgan fingerprint density at radius 1 is 1.22 bits per heavy atom. The fourth-order valence-corrected chi connectivity index (χ4v) is 4.24. The van der Waals surface area contributed by atoms with E-state index in [9.17, 15) is 18.0 Å². The normalized spacial score (nSPS) is 16.1. The number of aryl methyl sites for hydroxylation is 1. The van der Waals surface area contributed by atoms with E-state index in [-0.39, 0.29) is 5.91 Å². The number of halogens is 3. The number of carbonyl (C=O) groups is 1. The van der Waals surface area contributed by atoms with Crippen LogP contribution in [0.5, 0.6) is 0 Å². The topological polar surface area (TPSA) is 41.4 Å². The Morgan fingerprint density at radius 2 is 1.89 bits per heavy atom. The van der Waals surface area contributed by atoms with Crippen LogP contribution in [0.3, 0.4) is 0 Å². The smallest absolute Gasteiger partial charge is 0.340 e. The van der Waals surface area contributed by atoms with Gasteiger partial charge in [0.05, 0.1) is 12.2 Å². The number of hydrogen-bond acceptors (Lipinski definition) is 4. The SMILES string of the molecule is CC(=O)N1CCN(Cc2nc(-c3cc(C)n(CC(F)(F)F)c3C)cs2)CC1. The molecule has 2 aromatic heterocycles. The second kappa shape index (κ2) is 7.63. The van der Waals surface area contributed by atoms with Gasteiger partial charge in [-0.3, -0.25) is 9.69 Å². The fourth-order valence-electron chi connectivity index (χ4n) is 3.40. The highest BCUT2D eigenvalue weighted by Crippen LogP contribution is 2.30. The Kier molecular flexibility index (Phi) is 5.62. The molecular formula is C18H23F3N4OS. The summed E-state index contributed by atoms with van der Waals surface area (Å²) in [6.45, 7) is 7.71. The van der Waals surface area contributed by atoms with Gasteiger partial charge in [0.15, 0.2) is 0 Å². The monoisotopic (exact) mass is 400 g/mol. The molecule has 0 aliphatic carbocycles. The van der Waals surface area contributed by atoms with E-state index in [0.29, 0.717) is 31.0 Å². The summed E-state index contributed by atoms with van der Waals surface area (Å²) >= 11 is 1.52. The summed E-state index contributed by atoms with van der Waals surface area (Å²) in [4.78, 5) is 20.1. The molecule has 5 nitrogen and oxygen atoms in total. The number of thiazole rings is 1. The summed E-state index contributed by atoms with van der Waals surface area (Å²) in [5.74, 6) is 0.0976. The second-order valence-electron chi connectivity index (χ2n) is 6.89. The Balaban J connectivity index is 1.70. The molecule has 9 heteroatoms. The van der Waals surface area contributed by atoms with Crippen molar-refractivity contribution in [2.75, 3.05) is 26.2 Å². The Morgan fingerprint density at radius 3 is 2.48 bits per heavy atom. The van der Waals surface area contributed by atoms with Crippen LogP contribution in [0.15, 0.2) is 11.4 Å². The molecule has 0 aromatic carbocycles. The van der Waals surface area contributed by atoms with E-state index in [1.165, 1.54) is 15.9 Å². The second-order valence-corrected chi connectivity index (χ2v) is 7.84. The molecule has 0 N–H and O–H groups in total. The zero-order valence-electron chi connectivity index (χ0n) is 15.6. The number of hydrogen-bond donors (Lipinski definition) is 0. The average Bonchev–Trinajstić information content (AvgIpc) is 3.14. The molecule has 0 atom stereocenters. The maximum atomic E-state index is 12.8. The van der Waals surface area contributed by atoms with Crippen LogP contribution in [-0.4, -0.2) is 57.6 Å². The summed E-state index contributed by atoms with van der Waals surface area (Å²) < 4.78 is 39.7. The standard InChI is InChI=1S/C18H23F3N4OS/c1-12-8-15(13(2)25(12)11-18(19,20)21)16-10-27-17(22-16)9-23-4-6-24(7-5-23)14(3)26/h8,10H,4-7,9,11H2,1-3H3. The van der Waals surface area contributed by atoms with Crippen LogP contribution in [0.25, 0.3) is 11.3 Å². The van der Waals surface area contributed by atoms with Gasteiger partial charge in [-0.15, -0.1) is 11.3 Å². The average molecular weight is 400 g/mol. The Hall–Kier alpha value is -1.87. The van der Waals surface area contributed by atoms with Crippen LogP contribution in [-0.2, 0) is 17.9 Å². The van der Waals surface area contributed by atoms with Crippen LogP contribution >= 0.6 is 11.3 Å². The van der Waals surface area contributed by atoms with E-state index in [1.807, 2.05) is 10.3 Å². The Labute approximate surface area is 160 Å². The molecule has 3 rings (SSSR count). The van der Waals surface area contributed by atoms with Crippen molar-refractivity contribution < 1.29 is 18.0 Å². The first-order chi connectivity index (χ1) is 12.6. The van der Waals surface area contributed by atoms with E-state index in [4.69, 9.17) is 0 Å². The van der Waals surface area contributed by atoms with Crippen LogP contribution in [0, 0.1) is 13.8 Å². The molecule has 1 aliphatic rings. The molecule has 1 saturated heterocycles. The van der Waals surface area contributed by atoms with Crippen molar-refractivity contribution in [2.24, 2.45) is 0 Å². The van der Waals surface area contributed by atoms with Crippen LogP contribution in [0.2, 0.25) is 0 Å². The van der Waals surface area contributed by atoms with Gasteiger partial charge < -0.3 is 9.47 Å². The lowest BCUT2D eigenvalue weighted by molar-refractivity contribution is -0.141. The molecule has 0 radical (unpaired) electrons. The van der Waals surface area contributed by atoms with Crippen LogP contribution < -0.4 is 0 Å². The number of rotatable bonds is 4. The molecule has 0 spiro atoms. The van der Waals surface area contributed by atoms with Crippen molar-refractivity contribution in [3.63, 3.8) is 0 Å². The number of carbonyl (C=O) groups excluding carboxylic acids is 1. The molecular weight excluding hydrogens is 377 g/mol. The first-order valence-electron chi connectivity index (χ1n) is 8.80. The van der Waals surface area contributed by atoms with Gasteiger partial charge >= 0.3 is 6.18 Å². The highest BCUT2D eigenvalue weighted by molar-refractivity contribution is 7.09. The van der Waals surface area contributed by atoms with Gasteiger partial charge in [-0.05, 0) is 19.9 Å². The van der Waals surface area contributed by atoms with Crippen LogP contribution in [0.1, 0.15) is 23.3 Å². The van der Waals surface area contributed by atoms with E-state index >= 15 is 0 Å². The van der Waals surface area contributed by atoms with Gasteiger partial charge in [-0.25, -0.2) is 4.98 Å². The first kappa shape index (κ1) is 19.9. The maximum Gasteiger partial charge on any atom is 0.406 e. The van der Waals surface area contributed by atoms with E-state index in [2.05, 4.69) is 9.88 Å². The van der Waals surface area contributed by atoms with Gasteiger partial charge in [0, 0.05) is 55.4 Å². The zero-order valence-corrected chi connectivity index (χ0v) is 16.5. The highest BCUT2D eigenvalue weighted by Gasteiger charge is 2.30. The molecule has 0 unspecified atom stereocenters. The van der Waals surface area contributed by atoms with Crippen molar-refractivity contribution in [2.45, 2.75) is 40.0 Å². The van der Waals surface area contributed by atoms with Crippen molar-refractivity contribution in [1.82, 2.24) is 19.4 Å². The molecule has 0 saturated carbocycles. The lowest BCUT2D eigenvalue weighted by Crippen LogP contribution is -2.47. The summed E-state index contributed by atoms with van der Waals surface area (Å²) in [5, 5.41) is 2.84. The third kappa shape index (κ3) is 4.70. The summed E-state index contributed by atoms with van der Waals surface area (Å²) in [5.41, 5.74) is 2.63. The van der Waals surface area contributed by atoms with E-state index in [0.717, 1.165) is 29.4 Å². The highest BCUT2D eigenvalue weighted by atomic mass is 32.1. The van der Waals surface area contributed by atoms with Gasteiger partial charge in [-0.2, -0.15) is 13.2 Å². The molecule has 3 heterocycles. The van der Waals surface area contributed by atoms with Gasteiger partial charge in [-0.1, -0.05) is 0 Å². The van der Waals surface area contributed by atoms with Crippen molar-refractivity contribution in [1.29, 1.82) is 0 Å². The molecule has 1 aliphatic heterocycles. The summed E-state index contributed by atoms with van der Waals surface area (Å²) in [6, 6.07) is 1.77. The number of piperazine rings is 1. The van der Waals surface area contributed by atoms with E-state index < -0.39 is 12.7 Å². The number of amides is 1. The predicted molar refractivity (Wildman–Crippen MR) is 98.6 cm³/mol. The molecule has 0 bridgehead atoms. The fraction of sp³-hybridized carbons (Fsp3) is 0.556. The lowest BCUT2D eigenvalue weighted by Gasteiger charge is -2.33. The number of aromatic nitrogens is 2. The molecule has 27 heavy (non-hydrogen) atoms. The third-order valence-electron chi connectivity index (χ3n) is 4.92. The summed E-state index contributed by atoms with van der Waals surface area (Å²) in [6.07, 6.45) is -4.25. The molecule has 1 amide bonds. The van der Waals surface area contributed by atoms with Crippen LogP contribution in [0.4, 0.5) is 13.2 Å². The largest absolute Gasteiger partial charge is 0.406 e.